The molecule has 1 aliphatic heterocycles. The number of sulfone groups is 1. The average molecular weight is 367 g/mol. The van der Waals surface area contributed by atoms with Crippen LogP contribution in [0.3, 0.4) is 0 Å². The molecule has 0 atom stereocenters. The molecule has 5 nitrogen and oxygen atoms in total. The Labute approximate surface area is 151 Å². The number of hydrogen-bond acceptors (Lipinski definition) is 4. The number of anilines is 1. The maximum atomic E-state index is 12.2. The third kappa shape index (κ3) is 2.72. The number of fused-ring (bicyclic) bond motifs is 2. The number of para-hydroxylation sites is 1. The fraction of sp³-hybridized carbons (Fsp3) is 0.150. The normalized spacial score (nSPS) is 15.2. The van der Waals surface area contributed by atoms with Crippen molar-refractivity contribution in [2.45, 2.75) is 11.3 Å². The SMILES string of the molecule is O=C1N(CCCOc2cccc3ccccc23)c2ccccc2S1(=O)=O. The molecule has 0 spiro atoms. The van der Waals surface area contributed by atoms with Crippen LogP contribution in [0.15, 0.2) is 71.6 Å². The van der Waals surface area contributed by atoms with Gasteiger partial charge in [0.05, 0.1) is 12.3 Å². The van der Waals surface area contributed by atoms with E-state index < -0.39 is 15.1 Å². The number of carbonyl (C=O) groups is 1. The van der Waals surface area contributed by atoms with Crippen LogP contribution < -0.4 is 9.64 Å². The van der Waals surface area contributed by atoms with Crippen molar-refractivity contribution in [2.75, 3.05) is 18.1 Å². The molecular formula is C20H17NO4S. The molecule has 3 aromatic carbocycles. The first-order chi connectivity index (χ1) is 12.6. The molecule has 0 saturated heterocycles. The lowest BCUT2D eigenvalue weighted by molar-refractivity contribution is 0.262. The fourth-order valence-corrected chi connectivity index (χ4v) is 4.56. The zero-order valence-corrected chi connectivity index (χ0v) is 14.8. The molecule has 1 heterocycles. The summed E-state index contributed by atoms with van der Waals surface area (Å²) in [5.74, 6) is 0.781. The zero-order valence-electron chi connectivity index (χ0n) is 14.0. The van der Waals surface area contributed by atoms with Gasteiger partial charge in [0.2, 0.25) is 0 Å². The average Bonchev–Trinajstić information content (AvgIpc) is 2.86. The van der Waals surface area contributed by atoms with Crippen LogP contribution >= 0.6 is 0 Å². The second-order valence-electron chi connectivity index (χ2n) is 6.07. The van der Waals surface area contributed by atoms with Gasteiger partial charge in [-0.25, -0.2) is 8.42 Å². The van der Waals surface area contributed by atoms with E-state index in [0.717, 1.165) is 16.5 Å². The standard InChI is InChI=1S/C20H17NO4S/c22-20-21(17-10-3-4-12-19(17)26(20,23)24)13-6-14-25-18-11-5-8-15-7-1-2-9-16(15)18/h1-5,7-12H,6,13-14H2. The summed E-state index contributed by atoms with van der Waals surface area (Å²) < 4.78 is 30.2. The minimum atomic E-state index is -3.91. The van der Waals surface area contributed by atoms with E-state index in [1.54, 1.807) is 18.2 Å². The van der Waals surface area contributed by atoms with Gasteiger partial charge in [0.25, 0.3) is 9.84 Å². The highest BCUT2D eigenvalue weighted by molar-refractivity contribution is 8.07. The van der Waals surface area contributed by atoms with Crippen molar-refractivity contribution in [3.8, 4) is 5.75 Å². The van der Waals surface area contributed by atoms with Crippen molar-refractivity contribution in [3.63, 3.8) is 0 Å². The Balaban J connectivity index is 1.45. The predicted octanol–water partition coefficient (Wildman–Crippen LogP) is 4.02. The van der Waals surface area contributed by atoms with Crippen LogP contribution in [-0.4, -0.2) is 26.8 Å². The van der Waals surface area contributed by atoms with Gasteiger partial charge < -0.3 is 4.74 Å². The number of ether oxygens (including phenoxy) is 1. The van der Waals surface area contributed by atoms with Gasteiger partial charge in [-0.05, 0) is 30.0 Å². The maximum absolute atomic E-state index is 12.2. The largest absolute Gasteiger partial charge is 0.493 e. The van der Waals surface area contributed by atoms with E-state index in [9.17, 15) is 13.2 Å². The number of amides is 1. The first-order valence-corrected chi connectivity index (χ1v) is 9.83. The summed E-state index contributed by atoms with van der Waals surface area (Å²) in [4.78, 5) is 13.6. The first kappa shape index (κ1) is 16.6. The first-order valence-electron chi connectivity index (χ1n) is 8.35. The van der Waals surface area contributed by atoms with Crippen molar-refractivity contribution in [3.05, 3.63) is 66.7 Å². The molecule has 4 rings (SSSR count). The molecule has 0 bridgehead atoms. The molecule has 1 aliphatic rings. The van der Waals surface area contributed by atoms with Crippen molar-refractivity contribution in [2.24, 2.45) is 0 Å². The highest BCUT2D eigenvalue weighted by Gasteiger charge is 2.41. The maximum Gasteiger partial charge on any atom is 0.348 e. The molecule has 0 saturated carbocycles. The smallest absolute Gasteiger partial charge is 0.348 e. The minimum Gasteiger partial charge on any atom is -0.493 e. The summed E-state index contributed by atoms with van der Waals surface area (Å²) in [6, 6.07) is 20.3. The zero-order chi connectivity index (χ0) is 18.1. The van der Waals surface area contributed by atoms with Gasteiger partial charge in [-0.2, -0.15) is 0 Å². The van der Waals surface area contributed by atoms with E-state index in [4.69, 9.17) is 4.74 Å². The van der Waals surface area contributed by atoms with Crippen molar-refractivity contribution >= 4 is 31.5 Å². The third-order valence-electron chi connectivity index (χ3n) is 4.43. The summed E-state index contributed by atoms with van der Waals surface area (Å²) in [6.45, 7) is 0.680. The van der Waals surface area contributed by atoms with Gasteiger partial charge >= 0.3 is 5.24 Å². The third-order valence-corrected chi connectivity index (χ3v) is 6.03. The lowest BCUT2D eigenvalue weighted by Crippen LogP contribution is -2.30. The summed E-state index contributed by atoms with van der Waals surface area (Å²) in [6.07, 6.45) is 0.527. The molecular weight excluding hydrogens is 350 g/mol. The van der Waals surface area contributed by atoms with Gasteiger partial charge in [0.15, 0.2) is 0 Å². The Morgan fingerprint density at radius 3 is 2.50 bits per heavy atom. The van der Waals surface area contributed by atoms with E-state index in [1.165, 1.54) is 11.0 Å². The summed E-state index contributed by atoms with van der Waals surface area (Å²) in [7, 11) is -3.91. The lowest BCUT2D eigenvalue weighted by Gasteiger charge is -2.16. The van der Waals surface area contributed by atoms with E-state index >= 15 is 0 Å². The van der Waals surface area contributed by atoms with Crippen LogP contribution in [0.2, 0.25) is 0 Å². The van der Waals surface area contributed by atoms with Gasteiger partial charge in [0, 0.05) is 11.9 Å². The Bertz CT molecular complexity index is 1090. The van der Waals surface area contributed by atoms with Crippen LogP contribution in [-0.2, 0) is 9.84 Å². The Hall–Kier alpha value is -2.86. The Morgan fingerprint density at radius 1 is 0.885 bits per heavy atom. The Morgan fingerprint density at radius 2 is 1.62 bits per heavy atom. The highest BCUT2D eigenvalue weighted by Crippen LogP contribution is 2.35. The van der Waals surface area contributed by atoms with Gasteiger partial charge in [0.1, 0.15) is 10.6 Å². The van der Waals surface area contributed by atoms with Gasteiger partial charge in [-0.1, -0.05) is 48.5 Å². The molecule has 26 heavy (non-hydrogen) atoms. The monoisotopic (exact) mass is 367 g/mol. The van der Waals surface area contributed by atoms with E-state index in [0.29, 0.717) is 25.3 Å². The molecule has 1 amide bonds. The molecule has 0 fully saturated rings. The van der Waals surface area contributed by atoms with Crippen LogP contribution in [0.4, 0.5) is 10.5 Å². The van der Waals surface area contributed by atoms with Crippen LogP contribution in [0.1, 0.15) is 6.42 Å². The lowest BCUT2D eigenvalue weighted by atomic mass is 10.1. The van der Waals surface area contributed by atoms with E-state index in [1.807, 2.05) is 42.5 Å². The number of benzene rings is 3. The van der Waals surface area contributed by atoms with Gasteiger partial charge in [-0.15, -0.1) is 0 Å². The predicted molar refractivity (Wildman–Crippen MR) is 100 cm³/mol. The molecule has 0 unspecified atom stereocenters. The second kappa shape index (κ2) is 6.46. The topological polar surface area (TPSA) is 63.7 Å². The molecule has 3 aromatic rings. The molecule has 6 heteroatoms. The summed E-state index contributed by atoms with van der Waals surface area (Å²) in [5, 5.41) is 1.27. The number of nitrogens with zero attached hydrogens (tertiary/aromatic N) is 1. The van der Waals surface area contributed by atoms with Crippen molar-refractivity contribution in [1.29, 1.82) is 0 Å². The van der Waals surface area contributed by atoms with Crippen LogP contribution in [0.5, 0.6) is 5.75 Å². The number of hydrogen-bond donors (Lipinski definition) is 0. The molecule has 132 valence electrons. The summed E-state index contributed by atoms with van der Waals surface area (Å²) >= 11 is 0. The molecule has 0 radical (unpaired) electrons. The summed E-state index contributed by atoms with van der Waals surface area (Å²) in [5.41, 5.74) is 0.447. The van der Waals surface area contributed by atoms with Gasteiger partial charge in [-0.3, -0.25) is 9.69 Å². The minimum absolute atomic E-state index is 0.0833. The highest BCUT2D eigenvalue weighted by atomic mass is 32.2. The molecule has 0 aromatic heterocycles. The van der Waals surface area contributed by atoms with E-state index in [2.05, 4.69) is 0 Å². The molecule has 0 aliphatic carbocycles. The van der Waals surface area contributed by atoms with Crippen LogP contribution in [0.25, 0.3) is 10.8 Å². The van der Waals surface area contributed by atoms with Crippen molar-refractivity contribution < 1.29 is 17.9 Å². The Kier molecular flexibility index (Phi) is 4.12. The quantitative estimate of drug-likeness (QED) is 0.639. The van der Waals surface area contributed by atoms with E-state index in [-0.39, 0.29) is 4.90 Å². The fourth-order valence-electron chi connectivity index (χ4n) is 3.18. The number of rotatable bonds is 5. The van der Waals surface area contributed by atoms with Crippen LogP contribution in [0, 0.1) is 0 Å². The second-order valence-corrected chi connectivity index (χ2v) is 7.86. The molecule has 0 N–H and O–H groups in total. The number of carbonyl (C=O) groups excluding carboxylic acids is 1. The van der Waals surface area contributed by atoms with Crippen molar-refractivity contribution in [1.82, 2.24) is 0 Å².